The molecule has 0 N–H and O–H groups in total. The molecule has 5 rings (SSSR count). The van der Waals surface area contributed by atoms with Crippen molar-refractivity contribution < 1.29 is 14.1 Å². The number of nitrogens with zero attached hydrogens (tertiary/aromatic N) is 5. The van der Waals surface area contributed by atoms with Gasteiger partial charge in [0.05, 0.1) is 13.1 Å². The van der Waals surface area contributed by atoms with Gasteiger partial charge in [-0.2, -0.15) is 10.1 Å². The first-order valence-corrected chi connectivity index (χ1v) is 9.61. The van der Waals surface area contributed by atoms with Gasteiger partial charge < -0.3 is 14.2 Å². The van der Waals surface area contributed by atoms with Gasteiger partial charge in [-0.05, 0) is 42.5 Å². The number of benzene rings is 2. The number of ether oxygens (including phenoxy) is 1. The zero-order valence-electron chi connectivity index (χ0n) is 16.3. The standard InChI is InChI=1S/C22H19N5O3/c1-26-19(11-12-23-26)22(28)27-13-18(14-27)29-17-9-7-15(8-10-17)20-24-21(30-25-20)16-5-3-2-4-6-16/h2-12,18H,13-14H2,1H3. The van der Waals surface area contributed by atoms with E-state index in [2.05, 4.69) is 15.2 Å². The highest BCUT2D eigenvalue weighted by molar-refractivity contribution is 5.93. The van der Waals surface area contributed by atoms with Crippen molar-refractivity contribution in [3.63, 3.8) is 0 Å². The van der Waals surface area contributed by atoms with Gasteiger partial charge in [0.2, 0.25) is 5.82 Å². The molecule has 8 nitrogen and oxygen atoms in total. The van der Waals surface area contributed by atoms with Crippen LogP contribution in [0.2, 0.25) is 0 Å². The maximum absolute atomic E-state index is 12.4. The minimum absolute atomic E-state index is 0.0251. The van der Waals surface area contributed by atoms with Crippen molar-refractivity contribution in [1.82, 2.24) is 24.8 Å². The Balaban J connectivity index is 1.19. The fourth-order valence-corrected chi connectivity index (χ4v) is 3.34. The lowest BCUT2D eigenvalue weighted by atomic mass is 10.1. The maximum Gasteiger partial charge on any atom is 0.272 e. The highest BCUT2D eigenvalue weighted by atomic mass is 16.5. The molecule has 0 unspecified atom stereocenters. The summed E-state index contributed by atoms with van der Waals surface area (Å²) in [7, 11) is 1.76. The Morgan fingerprint density at radius 3 is 2.50 bits per heavy atom. The number of amides is 1. The van der Waals surface area contributed by atoms with Crippen LogP contribution >= 0.6 is 0 Å². The molecule has 0 bridgehead atoms. The lowest BCUT2D eigenvalue weighted by Gasteiger charge is -2.38. The van der Waals surface area contributed by atoms with E-state index in [0.717, 1.165) is 16.9 Å². The Labute approximate surface area is 172 Å². The molecule has 2 aromatic heterocycles. The van der Waals surface area contributed by atoms with Crippen LogP contribution in [-0.2, 0) is 7.05 Å². The third-order valence-corrected chi connectivity index (χ3v) is 5.04. The van der Waals surface area contributed by atoms with Crippen LogP contribution in [0.3, 0.4) is 0 Å². The molecule has 0 atom stereocenters. The zero-order chi connectivity index (χ0) is 20.5. The van der Waals surface area contributed by atoms with Gasteiger partial charge in [0.15, 0.2) is 0 Å². The predicted octanol–water partition coefficient (Wildman–Crippen LogP) is 3.04. The van der Waals surface area contributed by atoms with Crippen LogP contribution in [0.25, 0.3) is 22.8 Å². The molecule has 0 aliphatic carbocycles. The van der Waals surface area contributed by atoms with Crippen LogP contribution < -0.4 is 4.74 Å². The molecule has 0 radical (unpaired) electrons. The first-order chi connectivity index (χ1) is 14.7. The second-order valence-corrected chi connectivity index (χ2v) is 7.10. The molecule has 1 amide bonds. The SMILES string of the molecule is Cn1nccc1C(=O)N1CC(Oc2ccc(-c3noc(-c4ccccc4)n3)cc2)C1. The second kappa shape index (κ2) is 7.47. The Morgan fingerprint density at radius 1 is 1.03 bits per heavy atom. The van der Waals surface area contributed by atoms with Crippen molar-refractivity contribution in [2.24, 2.45) is 7.05 Å². The summed E-state index contributed by atoms with van der Waals surface area (Å²) in [6, 6.07) is 18.9. The third kappa shape index (κ3) is 3.43. The molecule has 150 valence electrons. The monoisotopic (exact) mass is 401 g/mol. The number of carbonyl (C=O) groups is 1. The van der Waals surface area contributed by atoms with Crippen LogP contribution in [0.1, 0.15) is 10.5 Å². The van der Waals surface area contributed by atoms with E-state index in [1.165, 1.54) is 0 Å². The Bertz CT molecular complexity index is 1160. The van der Waals surface area contributed by atoms with Crippen molar-refractivity contribution in [2.45, 2.75) is 6.10 Å². The molecule has 1 aliphatic heterocycles. The molecule has 1 fully saturated rings. The second-order valence-electron chi connectivity index (χ2n) is 7.10. The Morgan fingerprint density at radius 2 is 1.80 bits per heavy atom. The van der Waals surface area contributed by atoms with Gasteiger partial charge in [0, 0.05) is 24.4 Å². The normalized spacial score (nSPS) is 13.8. The van der Waals surface area contributed by atoms with Crippen LogP contribution in [0, 0.1) is 0 Å². The summed E-state index contributed by atoms with van der Waals surface area (Å²) >= 11 is 0. The molecule has 0 spiro atoms. The summed E-state index contributed by atoms with van der Waals surface area (Å²) in [5, 5.41) is 8.10. The average Bonchev–Trinajstić information content (AvgIpc) is 3.40. The first-order valence-electron chi connectivity index (χ1n) is 9.61. The average molecular weight is 401 g/mol. The van der Waals surface area contributed by atoms with E-state index in [9.17, 15) is 4.79 Å². The van der Waals surface area contributed by atoms with E-state index in [1.54, 1.807) is 28.9 Å². The molecule has 0 saturated carbocycles. The van der Waals surface area contributed by atoms with Crippen molar-refractivity contribution >= 4 is 5.91 Å². The van der Waals surface area contributed by atoms with E-state index in [0.29, 0.717) is 30.5 Å². The highest BCUT2D eigenvalue weighted by Crippen LogP contribution is 2.25. The highest BCUT2D eigenvalue weighted by Gasteiger charge is 2.33. The van der Waals surface area contributed by atoms with E-state index in [1.807, 2.05) is 54.6 Å². The van der Waals surface area contributed by atoms with Gasteiger partial charge in [0.1, 0.15) is 17.5 Å². The summed E-state index contributed by atoms with van der Waals surface area (Å²) in [6.45, 7) is 1.11. The first kappa shape index (κ1) is 18.1. The van der Waals surface area contributed by atoms with Gasteiger partial charge in [-0.3, -0.25) is 9.48 Å². The number of likely N-dealkylation sites (tertiary alicyclic amines) is 1. The molecule has 4 aromatic rings. The van der Waals surface area contributed by atoms with Crippen LogP contribution in [0.15, 0.2) is 71.4 Å². The number of aryl methyl sites for hydroxylation is 1. The summed E-state index contributed by atoms with van der Waals surface area (Å²) < 4.78 is 12.9. The Hall–Kier alpha value is -3.94. The quantitative estimate of drug-likeness (QED) is 0.511. The summed E-state index contributed by atoms with van der Waals surface area (Å²) in [6.07, 6.45) is 1.60. The molecular formula is C22H19N5O3. The summed E-state index contributed by atoms with van der Waals surface area (Å²) in [5.74, 6) is 1.72. The Kier molecular flexibility index (Phi) is 4.51. The van der Waals surface area contributed by atoms with Crippen molar-refractivity contribution in [3.8, 4) is 28.6 Å². The van der Waals surface area contributed by atoms with Gasteiger partial charge in [-0.1, -0.05) is 23.4 Å². The number of hydrogen-bond acceptors (Lipinski definition) is 6. The van der Waals surface area contributed by atoms with E-state index >= 15 is 0 Å². The topological polar surface area (TPSA) is 86.3 Å². The number of carbonyl (C=O) groups excluding carboxylic acids is 1. The van der Waals surface area contributed by atoms with E-state index in [4.69, 9.17) is 9.26 Å². The summed E-state index contributed by atoms with van der Waals surface area (Å²) in [4.78, 5) is 18.6. The van der Waals surface area contributed by atoms with Crippen LogP contribution in [-0.4, -0.2) is 49.9 Å². The molecule has 1 aliphatic rings. The maximum atomic E-state index is 12.4. The smallest absolute Gasteiger partial charge is 0.272 e. The largest absolute Gasteiger partial charge is 0.487 e. The van der Waals surface area contributed by atoms with E-state index in [-0.39, 0.29) is 12.0 Å². The molecule has 30 heavy (non-hydrogen) atoms. The van der Waals surface area contributed by atoms with Gasteiger partial charge >= 0.3 is 0 Å². The third-order valence-electron chi connectivity index (χ3n) is 5.04. The van der Waals surface area contributed by atoms with Gasteiger partial charge in [0.25, 0.3) is 11.8 Å². The predicted molar refractivity (Wildman–Crippen MR) is 109 cm³/mol. The van der Waals surface area contributed by atoms with E-state index < -0.39 is 0 Å². The van der Waals surface area contributed by atoms with Gasteiger partial charge in [-0.15, -0.1) is 0 Å². The zero-order valence-corrected chi connectivity index (χ0v) is 16.3. The number of rotatable bonds is 5. The fourth-order valence-electron chi connectivity index (χ4n) is 3.34. The molecule has 8 heteroatoms. The van der Waals surface area contributed by atoms with Crippen molar-refractivity contribution in [3.05, 3.63) is 72.6 Å². The fraction of sp³-hybridized carbons (Fsp3) is 0.182. The number of hydrogen-bond donors (Lipinski definition) is 0. The van der Waals surface area contributed by atoms with Crippen molar-refractivity contribution in [2.75, 3.05) is 13.1 Å². The molecular weight excluding hydrogens is 382 g/mol. The lowest BCUT2D eigenvalue weighted by molar-refractivity contribution is 0.0170. The number of aromatic nitrogens is 4. The minimum atomic E-state index is -0.0310. The molecule has 1 saturated heterocycles. The molecule has 3 heterocycles. The summed E-state index contributed by atoms with van der Waals surface area (Å²) in [5.41, 5.74) is 2.30. The lowest BCUT2D eigenvalue weighted by Crippen LogP contribution is -2.56. The van der Waals surface area contributed by atoms with Gasteiger partial charge in [-0.25, -0.2) is 0 Å². The minimum Gasteiger partial charge on any atom is -0.487 e. The molecule has 2 aromatic carbocycles. The van der Waals surface area contributed by atoms with Crippen LogP contribution in [0.5, 0.6) is 5.75 Å². The van der Waals surface area contributed by atoms with Crippen molar-refractivity contribution in [1.29, 1.82) is 0 Å². The van der Waals surface area contributed by atoms with Crippen LogP contribution in [0.4, 0.5) is 0 Å².